The number of benzene rings is 5. The molecule has 4 heterocycles. The van der Waals surface area contributed by atoms with Gasteiger partial charge in [-0.15, -0.1) is 0 Å². The number of aliphatic hydroxyl groups is 2. The van der Waals surface area contributed by atoms with Crippen molar-refractivity contribution in [2.24, 2.45) is 28.6 Å². The van der Waals surface area contributed by atoms with Crippen LogP contribution in [0.15, 0.2) is 78.9 Å². The van der Waals surface area contributed by atoms with E-state index in [0.717, 1.165) is 65.3 Å². The van der Waals surface area contributed by atoms with Gasteiger partial charge in [-0.05, 0) is 166 Å². The molecule has 5 fully saturated rings. The first-order valence-electron chi connectivity index (χ1n) is 29.7. The van der Waals surface area contributed by atoms with Crippen LogP contribution in [0.3, 0.4) is 0 Å². The lowest BCUT2D eigenvalue weighted by atomic mass is 9.71. The topological polar surface area (TPSA) is 181 Å². The Morgan fingerprint density at radius 3 is 2.37 bits per heavy atom. The number of nitrogens with one attached hydrogen (secondary N) is 2. The van der Waals surface area contributed by atoms with Crippen molar-refractivity contribution in [3.8, 4) is 63.2 Å². The van der Waals surface area contributed by atoms with Crippen LogP contribution in [0, 0.1) is 40.4 Å². The molecule has 4 aliphatic heterocycles. The van der Waals surface area contributed by atoms with Crippen molar-refractivity contribution in [1.82, 2.24) is 10.6 Å². The third kappa shape index (κ3) is 9.76. The normalized spacial score (nSPS) is 29.5. The van der Waals surface area contributed by atoms with E-state index in [1.807, 2.05) is 42.5 Å². The molecule has 79 heavy (non-hydrogen) atoms. The van der Waals surface area contributed by atoms with Crippen molar-refractivity contribution in [2.45, 2.75) is 158 Å². The summed E-state index contributed by atoms with van der Waals surface area (Å²) < 4.78 is 41.6. The Morgan fingerprint density at radius 2 is 1.56 bits per heavy atom. The zero-order valence-electron chi connectivity index (χ0n) is 45.7. The van der Waals surface area contributed by atoms with Gasteiger partial charge in [-0.25, -0.2) is 0 Å². The van der Waals surface area contributed by atoms with Crippen molar-refractivity contribution < 1.29 is 54.0 Å². The number of methoxy groups -OCH3 is 1. The van der Waals surface area contributed by atoms with Crippen LogP contribution in [-0.4, -0.2) is 95.6 Å². The number of aromatic hydroxyl groups is 3. The number of ether oxygens (including phenoxy) is 6. The first kappa shape index (κ1) is 52.6. The van der Waals surface area contributed by atoms with Crippen LogP contribution in [0.1, 0.15) is 144 Å². The van der Waals surface area contributed by atoms with Gasteiger partial charge < -0.3 is 54.0 Å². The highest BCUT2D eigenvalue weighted by atomic mass is 16.5. The lowest BCUT2D eigenvalue weighted by molar-refractivity contribution is -0.151. The number of hydrogen-bond donors (Lipinski definition) is 7. The molecule has 8 aliphatic rings. The zero-order valence-corrected chi connectivity index (χ0v) is 45.7. The van der Waals surface area contributed by atoms with Gasteiger partial charge in [-0.2, -0.15) is 0 Å². The van der Waals surface area contributed by atoms with Gasteiger partial charge in [0, 0.05) is 84.0 Å². The number of phenols is 3. The van der Waals surface area contributed by atoms with Gasteiger partial charge in [0.25, 0.3) is 0 Å². The van der Waals surface area contributed by atoms with Crippen LogP contribution in [0.5, 0.6) is 40.2 Å². The molecule has 9 atom stereocenters. The maximum absolute atomic E-state index is 13.5. The highest BCUT2D eigenvalue weighted by Crippen LogP contribution is 2.67. The molecule has 0 aromatic heterocycles. The second kappa shape index (κ2) is 21.6. The molecule has 0 radical (unpaired) electrons. The summed E-state index contributed by atoms with van der Waals surface area (Å²) in [5, 5.41) is 67.2. The van der Waals surface area contributed by atoms with Crippen molar-refractivity contribution in [3.63, 3.8) is 0 Å². The number of rotatable bonds is 12. The summed E-state index contributed by atoms with van der Waals surface area (Å²) in [5.41, 5.74) is 4.78. The fraction of sp³-hybridized carbons (Fsp3) is 0.545. The molecule has 13 heteroatoms. The molecular weight excluding hydrogens is 997 g/mol. The van der Waals surface area contributed by atoms with Crippen molar-refractivity contribution in [1.29, 1.82) is 0 Å². The molecule has 2 bridgehead atoms. The van der Waals surface area contributed by atoms with E-state index < -0.39 is 36.3 Å². The van der Waals surface area contributed by atoms with Crippen molar-refractivity contribution >= 4 is 10.8 Å². The Morgan fingerprint density at radius 1 is 0.759 bits per heavy atom. The Bertz CT molecular complexity index is 3110. The molecule has 5 aromatic rings. The molecular formula is C66H78N2O11. The van der Waals surface area contributed by atoms with E-state index in [1.54, 1.807) is 43.5 Å². The van der Waals surface area contributed by atoms with E-state index >= 15 is 0 Å². The van der Waals surface area contributed by atoms with Crippen LogP contribution in [0.25, 0.3) is 21.9 Å². The smallest absolute Gasteiger partial charge is 0.149 e. The van der Waals surface area contributed by atoms with Gasteiger partial charge in [0.15, 0.2) is 0 Å². The average molecular weight is 1080 g/mol. The average Bonchev–Trinajstić information content (AvgIpc) is 4.48. The quantitative estimate of drug-likeness (QED) is 0.0464. The van der Waals surface area contributed by atoms with Gasteiger partial charge in [0.05, 0.1) is 42.6 Å². The van der Waals surface area contributed by atoms with Gasteiger partial charge in [0.1, 0.15) is 53.0 Å². The molecule has 4 aliphatic carbocycles. The number of fused-ring (bicyclic) bond motifs is 7. The van der Waals surface area contributed by atoms with Gasteiger partial charge in [-0.1, -0.05) is 55.7 Å². The Balaban J connectivity index is 0.938. The predicted molar refractivity (Wildman–Crippen MR) is 301 cm³/mol. The zero-order chi connectivity index (χ0) is 53.9. The van der Waals surface area contributed by atoms with Crippen molar-refractivity contribution in [3.05, 3.63) is 101 Å². The highest BCUT2D eigenvalue weighted by Gasteiger charge is 2.66. The molecule has 418 valence electrons. The van der Waals surface area contributed by atoms with E-state index in [-0.39, 0.29) is 66.2 Å². The van der Waals surface area contributed by atoms with E-state index in [4.69, 9.17) is 28.4 Å². The van der Waals surface area contributed by atoms with Crippen molar-refractivity contribution in [2.75, 3.05) is 40.1 Å². The molecule has 13 rings (SSSR count). The Hall–Kier alpha value is -5.72. The second-order valence-electron chi connectivity index (χ2n) is 24.7. The SMILES string of the molecule is COCCC[C@@H]1Oc2c3cc(c4cc(O)ccc24)OCC#C[C@@H]2CN[C@]4(CC5(CCCC5)CC45CCCC5)N[C@H]2[C@@H](CCO)O[C@@H]3[C@@H]1[C@H]1COc2c(Cc3cc(O)ccc3-c3cccc(O)c3)cc(OC3CCCC3)cc2[C@H]1O. The largest absolute Gasteiger partial charge is 0.508 e. The van der Waals surface area contributed by atoms with E-state index in [9.17, 15) is 25.5 Å². The van der Waals surface area contributed by atoms with Crippen LogP contribution in [-0.2, 0) is 15.9 Å². The number of aliphatic hydroxyl groups excluding tert-OH is 2. The lowest BCUT2D eigenvalue weighted by Crippen LogP contribution is -2.74. The van der Waals surface area contributed by atoms with Gasteiger partial charge >= 0.3 is 0 Å². The van der Waals surface area contributed by atoms with E-state index in [1.165, 1.54) is 57.8 Å². The summed E-state index contributed by atoms with van der Waals surface area (Å²) in [7, 11) is 1.71. The van der Waals surface area contributed by atoms with E-state index in [0.29, 0.717) is 78.2 Å². The highest BCUT2D eigenvalue weighted by molar-refractivity contribution is 5.96. The maximum atomic E-state index is 13.5. The van der Waals surface area contributed by atoms with Crippen LogP contribution >= 0.6 is 0 Å². The van der Waals surface area contributed by atoms with Gasteiger partial charge in [0.2, 0.25) is 0 Å². The predicted octanol–water partition coefficient (Wildman–Crippen LogP) is 11.1. The first-order valence-corrected chi connectivity index (χ1v) is 29.7. The summed E-state index contributed by atoms with van der Waals surface area (Å²) in [6.07, 6.45) is 15.5. The van der Waals surface area contributed by atoms with Crippen LogP contribution in [0.4, 0.5) is 0 Å². The molecule has 7 N–H and O–H groups in total. The fourth-order valence-electron chi connectivity index (χ4n) is 16.5. The third-order valence-electron chi connectivity index (χ3n) is 20.0. The summed E-state index contributed by atoms with van der Waals surface area (Å²) in [6, 6.07) is 23.4. The molecule has 3 spiro atoms. The fourth-order valence-corrected chi connectivity index (χ4v) is 16.5. The van der Waals surface area contributed by atoms with Crippen LogP contribution in [0.2, 0.25) is 0 Å². The number of phenolic OH excluding ortho intramolecular Hbond substituents is 3. The molecule has 5 aromatic carbocycles. The molecule has 4 saturated carbocycles. The maximum Gasteiger partial charge on any atom is 0.149 e. The second-order valence-corrected chi connectivity index (χ2v) is 24.7. The minimum atomic E-state index is -1.07. The van der Waals surface area contributed by atoms with Crippen LogP contribution < -0.4 is 29.6 Å². The molecule has 13 nitrogen and oxygen atoms in total. The number of hydrogen-bond acceptors (Lipinski definition) is 13. The van der Waals surface area contributed by atoms with E-state index in [2.05, 4.69) is 22.5 Å². The molecule has 0 amide bonds. The summed E-state index contributed by atoms with van der Waals surface area (Å²) in [4.78, 5) is 0. The molecule has 0 unspecified atom stereocenters. The minimum absolute atomic E-state index is 0.0364. The third-order valence-corrected chi connectivity index (χ3v) is 20.0. The van der Waals surface area contributed by atoms with Gasteiger partial charge in [-0.3, -0.25) is 10.6 Å². The Kier molecular flexibility index (Phi) is 14.4. The molecule has 1 saturated heterocycles. The Labute approximate surface area is 464 Å². The first-order chi connectivity index (χ1) is 38.5. The summed E-state index contributed by atoms with van der Waals surface area (Å²) in [6.45, 7) is 1.35. The summed E-state index contributed by atoms with van der Waals surface area (Å²) >= 11 is 0. The monoisotopic (exact) mass is 1070 g/mol. The lowest BCUT2D eigenvalue weighted by Gasteiger charge is -2.54. The summed E-state index contributed by atoms with van der Waals surface area (Å²) in [5.74, 6) is 8.59. The minimum Gasteiger partial charge on any atom is -0.508 e. The standard InChI is InChI=1S/C66H78N2O11/c1-74-27-10-16-55-58(54-37-76-61-43(32-48(34-52(61)60(54)73)77-47-14-2-3-15-47)29-42-31-45(71)17-19-49(42)40-11-8-13-44(70)30-40)63-53-35-57(51-33-46(72)18-20-50(51)62(53)78-55)75-28-9-12-41-36-67-66(68-59(41)56(79-63)21-26-69)39-64(22-4-5-23-64)38-65(66)24-6-7-25-65/h8,11,13,17-20,30-35,41,47,54-56,58-60,63,67-73H,2-7,10,14-16,21-29,36-39H2,1H3/t41-,54-,55+,56-,58-,59-,60-,63+,66-/m1/s1.